The quantitative estimate of drug-likeness (QED) is 0.687. The number of carboxylic acids is 2. The Balaban J connectivity index is 0.000000242. The molecule has 28 heavy (non-hydrogen) atoms. The molecule has 3 heterocycles. The highest BCUT2D eigenvalue weighted by Gasteiger charge is 2.38. The minimum atomic E-state index is -1.26. The first-order chi connectivity index (χ1) is 13.2. The van der Waals surface area contributed by atoms with Gasteiger partial charge < -0.3 is 15.5 Å². The van der Waals surface area contributed by atoms with E-state index in [1.807, 2.05) is 10.6 Å². The van der Waals surface area contributed by atoms with E-state index in [1.165, 1.54) is 16.6 Å². The van der Waals surface area contributed by atoms with Crippen LogP contribution in [0.15, 0.2) is 36.4 Å². The molecule has 2 aliphatic heterocycles. The van der Waals surface area contributed by atoms with Crippen LogP contribution in [-0.2, 0) is 16.0 Å². The first-order valence-corrected chi connectivity index (χ1v) is 9.22. The number of rotatable bonds is 2. The molecular weight excluding hydrogens is 360 g/mol. The number of hydrogen-bond donors (Lipinski definition) is 3. The molecule has 0 saturated carbocycles. The van der Waals surface area contributed by atoms with E-state index in [2.05, 4.69) is 37.4 Å². The number of nitrogens with one attached hydrogen (secondary N) is 1. The van der Waals surface area contributed by atoms with Gasteiger partial charge in [-0.1, -0.05) is 32.0 Å². The predicted octanol–water partition coefficient (Wildman–Crippen LogP) is 3.00. The molecule has 7 nitrogen and oxygen atoms in total. The summed E-state index contributed by atoms with van der Waals surface area (Å²) < 4.78 is 2.00. The summed E-state index contributed by atoms with van der Waals surface area (Å²) >= 11 is 0. The van der Waals surface area contributed by atoms with Crippen LogP contribution in [0.25, 0.3) is 10.9 Å². The van der Waals surface area contributed by atoms with Gasteiger partial charge in [-0.05, 0) is 36.4 Å². The Kier molecular flexibility index (Phi) is 5.38. The van der Waals surface area contributed by atoms with Gasteiger partial charge in [-0.3, -0.25) is 9.36 Å². The van der Waals surface area contributed by atoms with E-state index in [9.17, 15) is 14.4 Å². The van der Waals surface area contributed by atoms with Crippen molar-refractivity contribution in [2.45, 2.75) is 39.2 Å². The number of para-hydroxylation sites is 1. The molecule has 1 atom stereocenters. The van der Waals surface area contributed by atoms with Crippen molar-refractivity contribution in [1.29, 1.82) is 0 Å². The second-order valence-corrected chi connectivity index (χ2v) is 7.92. The van der Waals surface area contributed by atoms with E-state index in [0.29, 0.717) is 24.6 Å². The number of hydrogen-bond acceptors (Lipinski definition) is 4. The maximum atomic E-state index is 12.8. The van der Waals surface area contributed by atoms with E-state index in [0.717, 1.165) is 24.9 Å². The molecule has 2 aromatic rings. The molecule has 1 aromatic heterocycles. The van der Waals surface area contributed by atoms with Crippen LogP contribution in [0.5, 0.6) is 0 Å². The Hall–Kier alpha value is -2.93. The second-order valence-electron chi connectivity index (χ2n) is 7.92. The molecule has 0 aliphatic carbocycles. The van der Waals surface area contributed by atoms with Crippen LogP contribution in [0, 0.1) is 5.41 Å². The fourth-order valence-electron chi connectivity index (χ4n) is 4.12. The normalized spacial score (nSPS) is 20.2. The number of carbonyl (C=O) groups excluding carboxylic acids is 1. The van der Waals surface area contributed by atoms with Crippen LogP contribution in [0.1, 0.15) is 48.8 Å². The van der Waals surface area contributed by atoms with E-state index < -0.39 is 11.9 Å². The minimum absolute atomic E-state index is 0.0590. The van der Waals surface area contributed by atoms with Gasteiger partial charge in [0.25, 0.3) is 0 Å². The van der Waals surface area contributed by atoms with Crippen LogP contribution < -0.4 is 5.32 Å². The monoisotopic (exact) mass is 384 g/mol. The summed E-state index contributed by atoms with van der Waals surface area (Å²) in [6, 6.07) is 8.66. The number of carboxylic acid groups (broad SMARTS) is 2. The van der Waals surface area contributed by atoms with Crippen LogP contribution in [0.3, 0.4) is 0 Å². The molecule has 0 amide bonds. The van der Waals surface area contributed by atoms with Gasteiger partial charge in [0, 0.05) is 35.7 Å². The van der Waals surface area contributed by atoms with Crippen molar-refractivity contribution in [3.63, 3.8) is 0 Å². The molecule has 0 bridgehead atoms. The largest absolute Gasteiger partial charge is 0.478 e. The lowest BCUT2D eigenvalue weighted by atomic mass is 9.81. The Morgan fingerprint density at radius 3 is 2.46 bits per heavy atom. The average Bonchev–Trinajstić information content (AvgIpc) is 2.90. The highest BCUT2D eigenvalue weighted by molar-refractivity contribution is 5.97. The van der Waals surface area contributed by atoms with Crippen molar-refractivity contribution in [3.8, 4) is 0 Å². The van der Waals surface area contributed by atoms with Crippen molar-refractivity contribution in [1.82, 2.24) is 9.88 Å². The van der Waals surface area contributed by atoms with Crippen LogP contribution in [0.2, 0.25) is 0 Å². The van der Waals surface area contributed by atoms with Crippen LogP contribution in [0.4, 0.5) is 0 Å². The van der Waals surface area contributed by atoms with Gasteiger partial charge in [0.05, 0.1) is 5.52 Å². The number of aromatic nitrogens is 1. The van der Waals surface area contributed by atoms with Crippen molar-refractivity contribution < 1.29 is 24.6 Å². The van der Waals surface area contributed by atoms with Gasteiger partial charge in [-0.15, -0.1) is 0 Å². The van der Waals surface area contributed by atoms with Crippen molar-refractivity contribution >= 4 is 28.7 Å². The number of fused-ring (bicyclic) bond motifs is 3. The number of carbonyl (C=O) groups is 3. The Morgan fingerprint density at radius 2 is 1.82 bits per heavy atom. The lowest BCUT2D eigenvalue weighted by molar-refractivity contribution is -0.134. The lowest BCUT2D eigenvalue weighted by Crippen LogP contribution is -2.32. The van der Waals surface area contributed by atoms with Crippen molar-refractivity contribution in [2.24, 2.45) is 5.41 Å². The first-order valence-electron chi connectivity index (χ1n) is 9.22. The van der Waals surface area contributed by atoms with Crippen molar-refractivity contribution in [2.75, 3.05) is 6.54 Å². The summed E-state index contributed by atoms with van der Waals surface area (Å²) in [5, 5.41) is 20.5. The summed E-state index contributed by atoms with van der Waals surface area (Å²) in [7, 11) is 0. The van der Waals surface area contributed by atoms with Gasteiger partial charge in [-0.2, -0.15) is 0 Å². The van der Waals surface area contributed by atoms with Gasteiger partial charge in [-0.25, -0.2) is 9.59 Å². The SMILES string of the molecule is CC1(C)CC(=O)n2c3c(c4ccccc42)CCNC3C1.O=C(O)/C=C/C(=O)O. The van der Waals surface area contributed by atoms with E-state index in [4.69, 9.17) is 10.2 Å². The Labute approximate surface area is 162 Å². The summed E-state index contributed by atoms with van der Waals surface area (Å²) in [4.78, 5) is 31.9. The Morgan fingerprint density at radius 1 is 1.18 bits per heavy atom. The summed E-state index contributed by atoms with van der Waals surface area (Å²) in [6.07, 6.45) is 3.79. The number of benzene rings is 1. The molecule has 4 rings (SSSR count). The topological polar surface area (TPSA) is 109 Å². The highest BCUT2D eigenvalue weighted by atomic mass is 16.4. The predicted molar refractivity (Wildman–Crippen MR) is 104 cm³/mol. The summed E-state index contributed by atoms with van der Waals surface area (Å²) in [5.41, 5.74) is 3.76. The molecule has 0 spiro atoms. The molecule has 2 aliphatic rings. The third-order valence-electron chi connectivity index (χ3n) is 5.12. The number of nitrogens with zero attached hydrogens (tertiary/aromatic N) is 1. The molecule has 148 valence electrons. The zero-order valence-corrected chi connectivity index (χ0v) is 15.9. The van der Waals surface area contributed by atoms with Crippen molar-refractivity contribution in [3.05, 3.63) is 47.7 Å². The maximum Gasteiger partial charge on any atom is 0.328 e. The molecule has 1 unspecified atom stereocenters. The third kappa shape index (κ3) is 3.99. The van der Waals surface area contributed by atoms with Gasteiger partial charge in [0.15, 0.2) is 0 Å². The number of aliphatic carboxylic acids is 2. The van der Waals surface area contributed by atoms with Crippen LogP contribution >= 0.6 is 0 Å². The van der Waals surface area contributed by atoms with E-state index in [1.54, 1.807) is 0 Å². The van der Waals surface area contributed by atoms with E-state index in [-0.39, 0.29) is 11.3 Å². The molecule has 0 radical (unpaired) electrons. The van der Waals surface area contributed by atoms with Gasteiger partial charge >= 0.3 is 11.9 Å². The highest BCUT2D eigenvalue weighted by Crippen LogP contribution is 2.43. The average molecular weight is 384 g/mol. The molecular formula is C21H24N2O5. The molecule has 1 aromatic carbocycles. The molecule has 0 saturated heterocycles. The van der Waals surface area contributed by atoms with Crippen LogP contribution in [-0.4, -0.2) is 39.2 Å². The fraction of sp³-hybridized carbons (Fsp3) is 0.381. The van der Waals surface area contributed by atoms with Gasteiger partial charge in [0.1, 0.15) is 0 Å². The summed E-state index contributed by atoms with van der Waals surface area (Å²) in [6.45, 7) is 5.42. The Bertz CT molecular complexity index is 955. The minimum Gasteiger partial charge on any atom is -0.478 e. The zero-order chi connectivity index (χ0) is 20.5. The summed E-state index contributed by atoms with van der Waals surface area (Å²) in [5.74, 6) is -2.27. The zero-order valence-electron chi connectivity index (χ0n) is 15.9. The molecule has 7 heteroatoms. The maximum absolute atomic E-state index is 12.8. The molecule has 3 N–H and O–H groups in total. The molecule has 0 fully saturated rings. The fourth-order valence-corrected chi connectivity index (χ4v) is 4.12. The standard InChI is InChI=1S/C17H20N2O.C4H4O4/c1-17(2)9-13-16-12(7-8-18-13)11-5-3-4-6-14(11)19(16)15(20)10-17;5-3(6)1-2-4(7)8/h3-6,13,18H,7-10H2,1-2H3;1-2H,(H,5,6)(H,7,8)/b;2-1+. The second kappa shape index (κ2) is 7.59. The smallest absolute Gasteiger partial charge is 0.328 e. The van der Waals surface area contributed by atoms with E-state index >= 15 is 0 Å². The first kappa shape index (κ1) is 19.8. The van der Waals surface area contributed by atoms with Gasteiger partial charge in [0.2, 0.25) is 5.91 Å². The lowest BCUT2D eigenvalue weighted by Gasteiger charge is -2.29. The third-order valence-corrected chi connectivity index (χ3v) is 5.12.